The first-order valence-electron chi connectivity index (χ1n) is 8.45. The fourth-order valence-corrected chi connectivity index (χ4v) is 3.87. The average molecular weight is 458 g/mol. The summed E-state index contributed by atoms with van der Waals surface area (Å²) in [7, 11) is 0. The molecule has 0 fully saturated rings. The maximum absolute atomic E-state index is 13.3. The van der Waals surface area contributed by atoms with Crippen molar-refractivity contribution in [2.45, 2.75) is 6.04 Å². The standard InChI is InChI=1S/C20H14BrClN4O2/c21-12-5-6-16-14(9-12)19(13-3-1-2-4-15(13)22)26(11-18(27)25-16)20(28)17-10-23-7-8-24-17/h1-10,19H,11H2,(H,25,27). The van der Waals surface area contributed by atoms with Gasteiger partial charge in [-0.1, -0.05) is 45.7 Å². The van der Waals surface area contributed by atoms with Crippen LogP contribution < -0.4 is 5.32 Å². The summed E-state index contributed by atoms with van der Waals surface area (Å²) in [5.41, 5.74) is 2.26. The predicted octanol–water partition coefficient (Wildman–Crippen LogP) is 4.08. The number of halogens is 2. The minimum atomic E-state index is -0.574. The van der Waals surface area contributed by atoms with E-state index in [2.05, 4.69) is 31.2 Å². The smallest absolute Gasteiger partial charge is 0.275 e. The van der Waals surface area contributed by atoms with E-state index >= 15 is 0 Å². The number of nitrogens with zero attached hydrogens (tertiary/aromatic N) is 3. The molecule has 4 rings (SSSR count). The molecule has 28 heavy (non-hydrogen) atoms. The highest BCUT2D eigenvalue weighted by molar-refractivity contribution is 9.10. The normalized spacial score (nSPS) is 16.1. The van der Waals surface area contributed by atoms with Gasteiger partial charge in [0.2, 0.25) is 5.91 Å². The topological polar surface area (TPSA) is 75.2 Å². The van der Waals surface area contributed by atoms with Crippen molar-refractivity contribution in [3.05, 3.63) is 87.4 Å². The third-order valence-corrected chi connectivity index (χ3v) is 5.29. The molecule has 0 bridgehead atoms. The number of anilines is 1. The van der Waals surface area contributed by atoms with Crippen LogP contribution in [0.2, 0.25) is 5.02 Å². The molecule has 0 radical (unpaired) electrons. The first-order chi connectivity index (χ1) is 13.5. The number of nitrogens with one attached hydrogen (secondary N) is 1. The van der Waals surface area contributed by atoms with Gasteiger partial charge >= 0.3 is 0 Å². The molecule has 2 amide bonds. The molecular formula is C20H14BrClN4O2. The Labute approximate surface area is 174 Å². The molecule has 2 aromatic carbocycles. The lowest BCUT2D eigenvalue weighted by Gasteiger charge is -2.30. The van der Waals surface area contributed by atoms with E-state index in [4.69, 9.17) is 11.6 Å². The predicted molar refractivity (Wildman–Crippen MR) is 109 cm³/mol. The quantitative estimate of drug-likeness (QED) is 0.629. The summed E-state index contributed by atoms with van der Waals surface area (Å²) in [6.45, 7) is -0.141. The van der Waals surface area contributed by atoms with Gasteiger partial charge in [-0.25, -0.2) is 4.98 Å². The van der Waals surface area contributed by atoms with Crippen molar-refractivity contribution in [2.24, 2.45) is 0 Å². The van der Waals surface area contributed by atoms with Gasteiger partial charge < -0.3 is 10.2 Å². The highest BCUT2D eigenvalue weighted by Gasteiger charge is 2.35. The molecule has 1 N–H and O–H groups in total. The van der Waals surface area contributed by atoms with Crippen molar-refractivity contribution in [3.63, 3.8) is 0 Å². The third kappa shape index (κ3) is 3.50. The van der Waals surface area contributed by atoms with Gasteiger partial charge in [-0.2, -0.15) is 0 Å². The second kappa shape index (κ2) is 7.69. The van der Waals surface area contributed by atoms with Crippen LogP contribution in [0.5, 0.6) is 0 Å². The largest absolute Gasteiger partial charge is 0.324 e. The molecular weight excluding hydrogens is 444 g/mol. The van der Waals surface area contributed by atoms with Crippen LogP contribution in [0.25, 0.3) is 0 Å². The molecule has 3 aromatic rings. The van der Waals surface area contributed by atoms with E-state index in [-0.39, 0.29) is 18.1 Å². The van der Waals surface area contributed by atoms with Crippen LogP contribution in [0, 0.1) is 0 Å². The zero-order valence-electron chi connectivity index (χ0n) is 14.5. The fourth-order valence-electron chi connectivity index (χ4n) is 3.26. The average Bonchev–Trinajstić information content (AvgIpc) is 2.84. The number of rotatable bonds is 2. The third-order valence-electron chi connectivity index (χ3n) is 4.45. The monoisotopic (exact) mass is 456 g/mol. The zero-order valence-corrected chi connectivity index (χ0v) is 16.8. The van der Waals surface area contributed by atoms with Gasteiger partial charge in [-0.05, 0) is 29.8 Å². The van der Waals surface area contributed by atoms with Crippen molar-refractivity contribution in [3.8, 4) is 0 Å². The van der Waals surface area contributed by atoms with Crippen LogP contribution in [0.4, 0.5) is 5.69 Å². The highest BCUT2D eigenvalue weighted by Crippen LogP contribution is 2.40. The minimum Gasteiger partial charge on any atom is -0.324 e. The maximum atomic E-state index is 13.3. The Kier molecular flexibility index (Phi) is 5.11. The zero-order chi connectivity index (χ0) is 19.7. The molecule has 0 saturated carbocycles. The number of hydrogen-bond donors (Lipinski definition) is 1. The number of carbonyl (C=O) groups is 2. The number of carbonyl (C=O) groups excluding carboxylic acids is 2. The van der Waals surface area contributed by atoms with Crippen molar-refractivity contribution >= 4 is 45.0 Å². The molecule has 1 unspecified atom stereocenters. The second-order valence-corrected chi connectivity index (χ2v) is 7.55. The fraction of sp³-hybridized carbons (Fsp3) is 0.100. The minimum absolute atomic E-state index is 0.141. The van der Waals surface area contributed by atoms with Gasteiger partial charge in [0.05, 0.1) is 12.2 Å². The summed E-state index contributed by atoms with van der Waals surface area (Å²) in [4.78, 5) is 35.4. The highest BCUT2D eigenvalue weighted by atomic mass is 79.9. The summed E-state index contributed by atoms with van der Waals surface area (Å²) < 4.78 is 0.825. The van der Waals surface area contributed by atoms with E-state index in [1.165, 1.54) is 23.5 Å². The van der Waals surface area contributed by atoms with Gasteiger partial charge in [0.1, 0.15) is 12.2 Å². The van der Waals surface area contributed by atoms with Crippen LogP contribution >= 0.6 is 27.5 Å². The Morgan fingerprint density at radius 2 is 2.00 bits per heavy atom. The Bertz CT molecular complexity index is 1060. The Morgan fingerprint density at radius 3 is 2.75 bits per heavy atom. The number of hydrogen-bond acceptors (Lipinski definition) is 4. The lowest BCUT2D eigenvalue weighted by molar-refractivity contribution is -0.117. The van der Waals surface area contributed by atoms with Crippen LogP contribution in [0.1, 0.15) is 27.7 Å². The molecule has 1 aliphatic heterocycles. The van der Waals surface area contributed by atoms with E-state index in [0.717, 1.165) is 15.6 Å². The van der Waals surface area contributed by atoms with Crippen molar-refractivity contribution in [2.75, 3.05) is 11.9 Å². The molecule has 1 atom stereocenters. The molecule has 8 heteroatoms. The van der Waals surface area contributed by atoms with Gasteiger partial charge in [0, 0.05) is 33.1 Å². The van der Waals surface area contributed by atoms with E-state index in [1.807, 2.05) is 30.3 Å². The van der Waals surface area contributed by atoms with Crippen molar-refractivity contribution in [1.82, 2.24) is 14.9 Å². The SMILES string of the molecule is O=C1CN(C(=O)c2cnccn2)C(c2ccccc2Cl)c2cc(Br)ccc2N1. The summed E-state index contributed by atoms with van der Waals surface area (Å²) in [5, 5.41) is 3.38. The molecule has 1 aliphatic rings. The number of benzene rings is 2. The first kappa shape index (κ1) is 18.6. The van der Waals surface area contributed by atoms with Crippen molar-refractivity contribution < 1.29 is 9.59 Å². The molecule has 2 heterocycles. The number of fused-ring (bicyclic) bond motifs is 1. The van der Waals surface area contributed by atoms with Gasteiger partial charge in [0.15, 0.2) is 0 Å². The summed E-state index contributed by atoms with van der Waals surface area (Å²) >= 11 is 9.97. The molecule has 0 aliphatic carbocycles. The maximum Gasteiger partial charge on any atom is 0.275 e. The lowest BCUT2D eigenvalue weighted by atomic mass is 9.95. The van der Waals surface area contributed by atoms with Crippen LogP contribution in [0.3, 0.4) is 0 Å². The molecule has 0 spiro atoms. The molecule has 140 valence electrons. The summed E-state index contributed by atoms with van der Waals surface area (Å²) in [5.74, 6) is -0.698. The van der Waals surface area contributed by atoms with E-state index in [0.29, 0.717) is 10.7 Å². The van der Waals surface area contributed by atoms with E-state index in [9.17, 15) is 9.59 Å². The van der Waals surface area contributed by atoms with Gasteiger partial charge in [-0.3, -0.25) is 14.6 Å². The van der Waals surface area contributed by atoms with Crippen molar-refractivity contribution in [1.29, 1.82) is 0 Å². The van der Waals surface area contributed by atoms with E-state index < -0.39 is 11.9 Å². The van der Waals surface area contributed by atoms with Crippen LogP contribution in [-0.4, -0.2) is 33.2 Å². The Morgan fingerprint density at radius 1 is 1.18 bits per heavy atom. The second-order valence-electron chi connectivity index (χ2n) is 6.23. The molecule has 6 nitrogen and oxygen atoms in total. The summed E-state index contributed by atoms with van der Waals surface area (Å²) in [6.07, 6.45) is 4.32. The van der Waals surface area contributed by atoms with Crippen LogP contribution in [-0.2, 0) is 4.79 Å². The first-order valence-corrected chi connectivity index (χ1v) is 9.62. The molecule has 0 saturated heterocycles. The van der Waals surface area contributed by atoms with E-state index in [1.54, 1.807) is 12.1 Å². The summed E-state index contributed by atoms with van der Waals surface area (Å²) in [6, 6.07) is 12.2. The van der Waals surface area contributed by atoms with Gasteiger partial charge in [-0.15, -0.1) is 0 Å². The van der Waals surface area contributed by atoms with Gasteiger partial charge in [0.25, 0.3) is 5.91 Å². The number of amides is 2. The lowest BCUT2D eigenvalue weighted by Crippen LogP contribution is -2.39. The molecule has 1 aromatic heterocycles. The Hall–Kier alpha value is -2.77. The Balaban J connectivity index is 1.93. The number of aromatic nitrogens is 2. The van der Waals surface area contributed by atoms with Crippen LogP contribution in [0.15, 0.2) is 65.5 Å².